The predicted octanol–water partition coefficient (Wildman–Crippen LogP) is 1.94. The van der Waals surface area contributed by atoms with Crippen LogP contribution in [0.3, 0.4) is 0 Å². The molecule has 0 saturated carbocycles. The maximum absolute atomic E-state index is 12.4. The van der Waals surface area contributed by atoms with Gasteiger partial charge in [-0.1, -0.05) is 0 Å². The molecule has 1 amide bonds. The van der Waals surface area contributed by atoms with Gasteiger partial charge in [0.15, 0.2) is 16.4 Å². The quantitative estimate of drug-likeness (QED) is 0.672. The molecule has 1 fully saturated rings. The van der Waals surface area contributed by atoms with Crippen molar-refractivity contribution < 1.29 is 31.9 Å². The summed E-state index contributed by atoms with van der Waals surface area (Å²) in [7, 11) is -1.59. The van der Waals surface area contributed by atoms with Gasteiger partial charge in [-0.3, -0.25) is 4.79 Å². The van der Waals surface area contributed by atoms with Crippen molar-refractivity contribution in [3.63, 3.8) is 0 Å². The second-order valence-corrected chi connectivity index (χ2v) is 9.01. The van der Waals surface area contributed by atoms with Crippen LogP contribution in [0.25, 0.3) is 11.0 Å². The number of fused-ring (bicyclic) bond motifs is 1. The molecular weight excluding hydrogens is 386 g/mol. The highest BCUT2D eigenvalue weighted by molar-refractivity contribution is 7.91. The summed E-state index contributed by atoms with van der Waals surface area (Å²) in [5, 5.41) is 0.734. The molecule has 2 aromatic rings. The van der Waals surface area contributed by atoms with Crippen LogP contribution in [0, 0.1) is 6.92 Å². The minimum Gasteiger partial charge on any atom is -0.494 e. The Bertz CT molecular complexity index is 1010. The summed E-state index contributed by atoms with van der Waals surface area (Å²) < 4.78 is 39.3. The van der Waals surface area contributed by atoms with Crippen LogP contribution in [-0.4, -0.2) is 63.0 Å². The van der Waals surface area contributed by atoms with Gasteiger partial charge in [-0.25, -0.2) is 13.2 Å². The Hall–Kier alpha value is -2.55. The van der Waals surface area contributed by atoms with Gasteiger partial charge < -0.3 is 18.8 Å². The number of furan rings is 1. The van der Waals surface area contributed by atoms with Gasteiger partial charge in [0.05, 0.1) is 18.1 Å². The zero-order chi connectivity index (χ0) is 20.5. The van der Waals surface area contributed by atoms with Crippen molar-refractivity contribution in [2.75, 3.05) is 31.8 Å². The van der Waals surface area contributed by atoms with E-state index in [1.165, 1.54) is 11.9 Å². The van der Waals surface area contributed by atoms with Gasteiger partial charge in [0, 0.05) is 24.0 Å². The van der Waals surface area contributed by atoms with Crippen molar-refractivity contribution in [3.05, 3.63) is 29.5 Å². The Morgan fingerprint density at radius 1 is 1.32 bits per heavy atom. The predicted molar refractivity (Wildman–Crippen MR) is 102 cm³/mol. The van der Waals surface area contributed by atoms with E-state index in [1.807, 2.05) is 6.92 Å². The van der Waals surface area contributed by atoms with Crippen LogP contribution in [0.15, 0.2) is 22.6 Å². The van der Waals surface area contributed by atoms with Crippen molar-refractivity contribution in [2.45, 2.75) is 26.3 Å². The van der Waals surface area contributed by atoms with Gasteiger partial charge in [0.1, 0.15) is 11.3 Å². The summed E-state index contributed by atoms with van der Waals surface area (Å²) in [6.07, 6.45) is 0.392. The monoisotopic (exact) mass is 409 g/mol. The van der Waals surface area contributed by atoms with Crippen LogP contribution >= 0.6 is 0 Å². The number of hydrogen-bond acceptors (Lipinski definition) is 7. The van der Waals surface area contributed by atoms with Crippen LogP contribution in [0.5, 0.6) is 5.75 Å². The topological polar surface area (TPSA) is 103 Å². The molecule has 1 aromatic carbocycles. The first-order chi connectivity index (χ1) is 13.2. The lowest BCUT2D eigenvalue weighted by molar-refractivity contribution is -0.134. The average Bonchev–Trinajstić information content (AvgIpc) is 3.18. The summed E-state index contributed by atoms with van der Waals surface area (Å²) in [6.45, 7) is 3.65. The van der Waals surface area contributed by atoms with Gasteiger partial charge in [0.25, 0.3) is 5.91 Å². The van der Waals surface area contributed by atoms with E-state index < -0.39 is 28.3 Å². The smallest absolute Gasteiger partial charge is 0.375 e. The van der Waals surface area contributed by atoms with Crippen molar-refractivity contribution in [1.29, 1.82) is 0 Å². The molecule has 8 nitrogen and oxygen atoms in total. The van der Waals surface area contributed by atoms with Crippen LogP contribution in [-0.2, 0) is 19.4 Å². The second-order valence-electron chi connectivity index (χ2n) is 6.78. The van der Waals surface area contributed by atoms with E-state index in [-0.39, 0.29) is 23.3 Å². The standard InChI is InChI=1S/C19H23NO7S/c1-4-25-14-5-6-16-15(9-14)12(2)18(27-16)19(22)26-10-17(21)20(3)13-7-8-28(23,24)11-13/h5-6,9,13H,4,7-8,10-11H2,1-3H3/t13-/m1/s1. The Morgan fingerprint density at radius 2 is 2.07 bits per heavy atom. The molecule has 9 heteroatoms. The Morgan fingerprint density at radius 3 is 2.71 bits per heavy atom. The number of hydrogen-bond donors (Lipinski definition) is 0. The zero-order valence-electron chi connectivity index (χ0n) is 16.1. The average molecular weight is 409 g/mol. The first kappa shape index (κ1) is 20.2. The van der Waals surface area contributed by atoms with E-state index in [2.05, 4.69) is 0 Å². The fourth-order valence-electron chi connectivity index (χ4n) is 3.23. The van der Waals surface area contributed by atoms with Gasteiger partial charge in [-0.05, 0) is 38.5 Å². The van der Waals surface area contributed by atoms with Gasteiger partial charge >= 0.3 is 5.97 Å². The number of likely N-dealkylation sites (N-methyl/N-ethyl adjacent to an activating group) is 1. The maximum atomic E-state index is 12.4. The molecule has 1 aliphatic heterocycles. The molecule has 0 spiro atoms. The lowest BCUT2D eigenvalue weighted by Crippen LogP contribution is -2.40. The molecule has 1 aliphatic rings. The molecule has 152 valence electrons. The molecule has 0 radical (unpaired) electrons. The molecule has 1 saturated heterocycles. The third kappa shape index (κ3) is 4.14. The molecule has 0 unspecified atom stereocenters. The number of carbonyl (C=O) groups is 2. The minimum absolute atomic E-state index is 0.0301. The number of nitrogens with zero attached hydrogens (tertiary/aromatic N) is 1. The summed E-state index contributed by atoms with van der Waals surface area (Å²) in [6, 6.07) is 4.86. The van der Waals surface area contributed by atoms with E-state index in [1.54, 1.807) is 25.1 Å². The van der Waals surface area contributed by atoms with E-state index in [0.29, 0.717) is 29.9 Å². The summed E-state index contributed by atoms with van der Waals surface area (Å²) in [4.78, 5) is 26.0. The van der Waals surface area contributed by atoms with Crippen molar-refractivity contribution >= 4 is 32.7 Å². The lowest BCUT2D eigenvalue weighted by Gasteiger charge is -2.23. The Labute approximate surface area is 163 Å². The van der Waals surface area contributed by atoms with Crippen molar-refractivity contribution in [1.82, 2.24) is 4.90 Å². The molecule has 0 N–H and O–H groups in total. The van der Waals surface area contributed by atoms with Crippen molar-refractivity contribution in [3.8, 4) is 5.75 Å². The van der Waals surface area contributed by atoms with E-state index in [0.717, 1.165) is 5.39 Å². The van der Waals surface area contributed by atoms with E-state index in [9.17, 15) is 18.0 Å². The molecule has 1 atom stereocenters. The molecule has 2 heterocycles. The summed E-state index contributed by atoms with van der Waals surface area (Å²) >= 11 is 0. The number of rotatable bonds is 6. The fourth-order valence-corrected chi connectivity index (χ4v) is 5.00. The molecule has 0 bridgehead atoms. The van der Waals surface area contributed by atoms with Gasteiger partial charge in [-0.2, -0.15) is 0 Å². The maximum Gasteiger partial charge on any atom is 0.375 e. The normalized spacial score (nSPS) is 18.2. The third-order valence-corrected chi connectivity index (χ3v) is 6.63. The van der Waals surface area contributed by atoms with E-state index in [4.69, 9.17) is 13.9 Å². The fraction of sp³-hybridized carbons (Fsp3) is 0.474. The zero-order valence-corrected chi connectivity index (χ0v) is 16.9. The highest BCUT2D eigenvalue weighted by Gasteiger charge is 2.33. The van der Waals surface area contributed by atoms with Crippen LogP contribution in [0.1, 0.15) is 29.5 Å². The highest BCUT2D eigenvalue weighted by atomic mass is 32.2. The SMILES string of the molecule is CCOc1ccc2oc(C(=O)OCC(=O)N(C)[C@@H]3CCS(=O)(=O)C3)c(C)c2c1. The minimum atomic E-state index is -3.10. The molecule has 0 aliphatic carbocycles. The van der Waals surface area contributed by atoms with Gasteiger partial charge in [-0.15, -0.1) is 0 Å². The van der Waals surface area contributed by atoms with Gasteiger partial charge in [0.2, 0.25) is 5.76 Å². The van der Waals surface area contributed by atoms with E-state index >= 15 is 0 Å². The Kier molecular flexibility index (Phi) is 5.64. The number of carbonyl (C=O) groups excluding carboxylic acids is 2. The number of aryl methyl sites for hydroxylation is 1. The van der Waals surface area contributed by atoms with Crippen LogP contribution < -0.4 is 4.74 Å². The molecule has 1 aromatic heterocycles. The number of esters is 1. The highest BCUT2D eigenvalue weighted by Crippen LogP contribution is 2.29. The number of ether oxygens (including phenoxy) is 2. The first-order valence-electron chi connectivity index (χ1n) is 9.01. The lowest BCUT2D eigenvalue weighted by atomic mass is 10.1. The number of sulfone groups is 1. The van der Waals surface area contributed by atoms with Crippen LogP contribution in [0.4, 0.5) is 0 Å². The molecule has 28 heavy (non-hydrogen) atoms. The first-order valence-corrected chi connectivity index (χ1v) is 10.8. The molecular formula is C19H23NO7S. The third-order valence-electron chi connectivity index (χ3n) is 4.88. The summed E-state index contributed by atoms with van der Waals surface area (Å²) in [5.74, 6) is -0.495. The number of benzene rings is 1. The summed E-state index contributed by atoms with van der Waals surface area (Å²) in [5.41, 5.74) is 1.12. The van der Waals surface area contributed by atoms with Crippen molar-refractivity contribution in [2.24, 2.45) is 0 Å². The second kappa shape index (κ2) is 7.83. The molecule has 3 rings (SSSR count). The largest absolute Gasteiger partial charge is 0.494 e. The van der Waals surface area contributed by atoms with Crippen LogP contribution in [0.2, 0.25) is 0 Å². The Balaban J connectivity index is 1.66. The number of amides is 1.